The van der Waals surface area contributed by atoms with Crippen LogP contribution in [-0.2, 0) is 9.59 Å². The van der Waals surface area contributed by atoms with Crippen molar-refractivity contribution in [2.45, 2.75) is 45.4 Å². The molecule has 1 aromatic rings. The van der Waals surface area contributed by atoms with E-state index in [0.717, 1.165) is 42.7 Å². The minimum atomic E-state index is -0.292. The second-order valence-electron chi connectivity index (χ2n) is 8.68. The van der Waals surface area contributed by atoms with Crippen LogP contribution >= 0.6 is 0 Å². The normalized spacial score (nSPS) is 22.2. The van der Waals surface area contributed by atoms with E-state index >= 15 is 0 Å². The van der Waals surface area contributed by atoms with Crippen molar-refractivity contribution in [1.82, 2.24) is 10.2 Å². The summed E-state index contributed by atoms with van der Waals surface area (Å²) in [5.41, 5.74) is 0.929. The van der Waals surface area contributed by atoms with E-state index in [1.807, 2.05) is 23.1 Å². The molecule has 1 aliphatic carbocycles. The zero-order valence-corrected chi connectivity index (χ0v) is 18.1. The van der Waals surface area contributed by atoms with Crippen LogP contribution in [0.2, 0.25) is 0 Å². The van der Waals surface area contributed by atoms with Gasteiger partial charge in [-0.25, -0.2) is 0 Å². The molecule has 0 spiro atoms. The molecule has 0 aromatic heterocycles. The number of hydrogen-bond acceptors (Lipinski definition) is 4. The molecule has 160 valence electrons. The first-order valence-corrected chi connectivity index (χ1v) is 10.7. The Labute approximate surface area is 173 Å². The van der Waals surface area contributed by atoms with Crippen LogP contribution in [0.3, 0.4) is 0 Å². The lowest BCUT2D eigenvalue weighted by Gasteiger charge is -2.21. The fourth-order valence-corrected chi connectivity index (χ4v) is 4.56. The average molecular weight is 403 g/mol. The van der Waals surface area contributed by atoms with Gasteiger partial charge in [-0.1, -0.05) is 26.7 Å². The van der Waals surface area contributed by atoms with E-state index in [0.29, 0.717) is 25.6 Å². The predicted octanol–water partition coefficient (Wildman–Crippen LogP) is 3.21. The summed E-state index contributed by atoms with van der Waals surface area (Å²) < 4.78 is 11.0. The lowest BCUT2D eigenvalue weighted by Crippen LogP contribution is -2.38. The number of methoxy groups -OCH3 is 2. The number of likely N-dealkylation sites (tertiary alicyclic amines) is 1. The molecule has 2 amide bonds. The van der Waals surface area contributed by atoms with Crippen LogP contribution in [0.25, 0.3) is 0 Å². The molecule has 2 aliphatic rings. The van der Waals surface area contributed by atoms with Crippen LogP contribution in [0.5, 0.6) is 11.5 Å². The SMILES string of the molecule is COc1ccc(OC)c(C2CN(C(=O)C3CCCC3)CC2C(=O)NCC(C)C)c1. The molecule has 3 rings (SSSR count). The van der Waals surface area contributed by atoms with Crippen molar-refractivity contribution in [3.8, 4) is 11.5 Å². The fourth-order valence-electron chi connectivity index (χ4n) is 4.56. The molecule has 6 nitrogen and oxygen atoms in total. The van der Waals surface area contributed by atoms with E-state index < -0.39 is 0 Å². The number of carbonyl (C=O) groups excluding carboxylic acids is 2. The lowest BCUT2D eigenvalue weighted by atomic mass is 9.87. The molecule has 0 radical (unpaired) electrons. The number of amides is 2. The van der Waals surface area contributed by atoms with Crippen LogP contribution < -0.4 is 14.8 Å². The average Bonchev–Trinajstić information content (AvgIpc) is 3.41. The predicted molar refractivity (Wildman–Crippen MR) is 112 cm³/mol. The van der Waals surface area contributed by atoms with Crippen LogP contribution in [0.4, 0.5) is 0 Å². The van der Waals surface area contributed by atoms with Gasteiger partial charge in [-0.15, -0.1) is 0 Å². The number of hydrogen-bond donors (Lipinski definition) is 1. The van der Waals surface area contributed by atoms with Crippen LogP contribution in [0.15, 0.2) is 18.2 Å². The molecule has 1 aliphatic heterocycles. The number of ether oxygens (including phenoxy) is 2. The summed E-state index contributed by atoms with van der Waals surface area (Å²) >= 11 is 0. The first-order valence-electron chi connectivity index (χ1n) is 10.7. The first kappa shape index (κ1) is 21.5. The van der Waals surface area contributed by atoms with Gasteiger partial charge in [0.1, 0.15) is 11.5 Å². The van der Waals surface area contributed by atoms with Crippen molar-refractivity contribution in [1.29, 1.82) is 0 Å². The molecule has 1 N–H and O–H groups in total. The highest BCUT2D eigenvalue weighted by Crippen LogP contribution is 2.40. The summed E-state index contributed by atoms with van der Waals surface area (Å²) in [5, 5.41) is 3.07. The summed E-state index contributed by atoms with van der Waals surface area (Å²) in [6, 6.07) is 5.67. The Bertz CT molecular complexity index is 728. The minimum absolute atomic E-state index is 0.00953. The largest absolute Gasteiger partial charge is 0.497 e. The molecule has 2 unspecified atom stereocenters. The van der Waals surface area contributed by atoms with Gasteiger partial charge >= 0.3 is 0 Å². The first-order chi connectivity index (χ1) is 13.9. The molecule has 6 heteroatoms. The van der Waals surface area contributed by atoms with Crippen molar-refractivity contribution >= 4 is 11.8 Å². The maximum atomic E-state index is 13.1. The highest BCUT2D eigenvalue weighted by Gasteiger charge is 2.43. The van der Waals surface area contributed by atoms with Gasteiger partial charge in [-0.05, 0) is 37.0 Å². The number of nitrogens with one attached hydrogen (secondary N) is 1. The Hall–Kier alpha value is -2.24. The third kappa shape index (κ3) is 4.85. The van der Waals surface area contributed by atoms with E-state index in [2.05, 4.69) is 19.2 Å². The number of rotatable bonds is 7. The van der Waals surface area contributed by atoms with Crippen molar-refractivity contribution in [2.75, 3.05) is 33.9 Å². The molecule has 1 aromatic carbocycles. The van der Waals surface area contributed by atoms with Crippen LogP contribution in [0, 0.1) is 17.8 Å². The molecule has 2 atom stereocenters. The smallest absolute Gasteiger partial charge is 0.225 e. The molecule has 0 bridgehead atoms. The van der Waals surface area contributed by atoms with Gasteiger partial charge in [-0.3, -0.25) is 9.59 Å². The maximum Gasteiger partial charge on any atom is 0.225 e. The standard InChI is InChI=1S/C23H34N2O4/c1-15(2)12-24-22(26)20-14-25(23(27)16-7-5-6-8-16)13-19(20)18-11-17(28-3)9-10-21(18)29-4/h9-11,15-16,19-20H,5-8,12-14H2,1-4H3,(H,24,26). The van der Waals surface area contributed by atoms with Crippen LogP contribution in [0.1, 0.15) is 51.0 Å². The Morgan fingerprint density at radius 2 is 1.86 bits per heavy atom. The molecular weight excluding hydrogens is 368 g/mol. The summed E-state index contributed by atoms with van der Waals surface area (Å²) in [4.78, 5) is 28.0. The minimum Gasteiger partial charge on any atom is -0.497 e. The molecular formula is C23H34N2O4. The van der Waals surface area contributed by atoms with Gasteiger partial charge in [0.2, 0.25) is 11.8 Å². The third-order valence-corrected chi connectivity index (χ3v) is 6.19. The second-order valence-corrected chi connectivity index (χ2v) is 8.68. The summed E-state index contributed by atoms with van der Waals surface area (Å²) in [6.07, 6.45) is 4.17. The van der Waals surface area contributed by atoms with E-state index in [9.17, 15) is 9.59 Å². The highest BCUT2D eigenvalue weighted by molar-refractivity contribution is 5.84. The third-order valence-electron chi connectivity index (χ3n) is 6.19. The topological polar surface area (TPSA) is 67.9 Å². The van der Waals surface area contributed by atoms with Gasteiger partial charge in [0.05, 0.1) is 20.1 Å². The molecule has 1 heterocycles. The Kier molecular flexibility index (Phi) is 7.04. The molecule has 2 fully saturated rings. The quantitative estimate of drug-likeness (QED) is 0.760. The Balaban J connectivity index is 1.88. The fraction of sp³-hybridized carbons (Fsp3) is 0.652. The highest BCUT2D eigenvalue weighted by atomic mass is 16.5. The van der Waals surface area contributed by atoms with Gasteiger partial charge in [-0.2, -0.15) is 0 Å². The van der Waals surface area contributed by atoms with E-state index in [4.69, 9.17) is 9.47 Å². The van der Waals surface area contributed by atoms with Crippen LogP contribution in [-0.4, -0.2) is 50.6 Å². The maximum absolute atomic E-state index is 13.1. The zero-order chi connectivity index (χ0) is 21.0. The Morgan fingerprint density at radius 1 is 1.14 bits per heavy atom. The number of nitrogens with zero attached hydrogens (tertiary/aromatic N) is 1. The molecule has 29 heavy (non-hydrogen) atoms. The van der Waals surface area contributed by atoms with E-state index in [1.165, 1.54) is 0 Å². The molecule has 1 saturated carbocycles. The van der Waals surface area contributed by atoms with Gasteiger partial charge in [0, 0.05) is 37.0 Å². The summed E-state index contributed by atoms with van der Waals surface area (Å²) in [6.45, 7) is 5.79. The summed E-state index contributed by atoms with van der Waals surface area (Å²) in [7, 11) is 3.26. The number of carbonyl (C=O) groups is 2. The van der Waals surface area contributed by atoms with E-state index in [-0.39, 0.29) is 29.6 Å². The lowest BCUT2D eigenvalue weighted by molar-refractivity contribution is -0.134. The summed E-state index contributed by atoms with van der Waals surface area (Å²) in [5.74, 6) is 1.75. The monoisotopic (exact) mass is 402 g/mol. The van der Waals surface area contributed by atoms with Gasteiger partial charge < -0.3 is 19.7 Å². The Morgan fingerprint density at radius 3 is 2.48 bits per heavy atom. The molecule has 1 saturated heterocycles. The van der Waals surface area contributed by atoms with Gasteiger partial charge in [0.25, 0.3) is 0 Å². The van der Waals surface area contributed by atoms with Gasteiger partial charge in [0.15, 0.2) is 0 Å². The zero-order valence-electron chi connectivity index (χ0n) is 18.1. The van der Waals surface area contributed by atoms with Crippen molar-refractivity contribution in [3.05, 3.63) is 23.8 Å². The number of benzene rings is 1. The van der Waals surface area contributed by atoms with E-state index in [1.54, 1.807) is 14.2 Å². The van der Waals surface area contributed by atoms with Crippen molar-refractivity contribution in [3.63, 3.8) is 0 Å². The van der Waals surface area contributed by atoms with Crippen molar-refractivity contribution < 1.29 is 19.1 Å². The second kappa shape index (κ2) is 9.51. The van der Waals surface area contributed by atoms with Crippen molar-refractivity contribution in [2.24, 2.45) is 17.8 Å².